The lowest BCUT2D eigenvalue weighted by Crippen LogP contribution is -2.48. The Kier molecular flexibility index (Phi) is 4.88. The molecule has 1 N–H and O–H groups in total. The Bertz CT molecular complexity index is 693. The highest BCUT2D eigenvalue weighted by Gasteiger charge is 2.35. The summed E-state index contributed by atoms with van der Waals surface area (Å²) in [6.45, 7) is 4.53. The van der Waals surface area contributed by atoms with Crippen LogP contribution in [0.2, 0.25) is 0 Å². The number of aliphatic carboxylic acids is 1. The molecular formula is C19H22N2O4. The monoisotopic (exact) mass is 342 g/mol. The van der Waals surface area contributed by atoms with Crippen LogP contribution in [0.4, 0.5) is 0 Å². The number of carbonyl (C=O) groups is 3. The molecule has 2 amide bonds. The fourth-order valence-corrected chi connectivity index (χ4v) is 3.65. The van der Waals surface area contributed by atoms with Crippen molar-refractivity contribution in [3.8, 4) is 0 Å². The molecule has 1 unspecified atom stereocenters. The highest BCUT2D eigenvalue weighted by atomic mass is 16.4. The van der Waals surface area contributed by atoms with E-state index in [9.17, 15) is 14.4 Å². The third kappa shape index (κ3) is 3.43. The summed E-state index contributed by atoms with van der Waals surface area (Å²) in [6.07, 6.45) is 3.22. The van der Waals surface area contributed by atoms with Crippen molar-refractivity contribution in [2.45, 2.75) is 38.1 Å². The van der Waals surface area contributed by atoms with Gasteiger partial charge in [0.15, 0.2) is 0 Å². The molecular weight excluding hydrogens is 320 g/mol. The largest absolute Gasteiger partial charge is 0.481 e. The zero-order chi connectivity index (χ0) is 18.0. The fourth-order valence-electron chi connectivity index (χ4n) is 3.65. The third-order valence-corrected chi connectivity index (χ3v) is 4.97. The van der Waals surface area contributed by atoms with E-state index in [-0.39, 0.29) is 30.8 Å². The van der Waals surface area contributed by atoms with Crippen LogP contribution in [0.3, 0.4) is 0 Å². The number of hydrogen-bond donors (Lipinski definition) is 1. The number of nitrogens with zero attached hydrogens (tertiary/aromatic N) is 2. The average Bonchev–Trinajstić information content (AvgIpc) is 2.85. The molecule has 25 heavy (non-hydrogen) atoms. The number of rotatable bonds is 5. The van der Waals surface area contributed by atoms with Crippen molar-refractivity contribution in [3.63, 3.8) is 0 Å². The molecule has 2 aliphatic rings. The van der Waals surface area contributed by atoms with Crippen molar-refractivity contribution >= 4 is 23.5 Å². The van der Waals surface area contributed by atoms with Gasteiger partial charge >= 0.3 is 5.97 Å². The van der Waals surface area contributed by atoms with E-state index in [0.717, 1.165) is 24.8 Å². The van der Waals surface area contributed by atoms with E-state index < -0.39 is 5.97 Å². The number of carboxylic acids is 1. The highest BCUT2D eigenvalue weighted by molar-refractivity contribution is 6.10. The Morgan fingerprint density at radius 1 is 1.20 bits per heavy atom. The van der Waals surface area contributed by atoms with Crippen molar-refractivity contribution in [1.82, 2.24) is 9.80 Å². The first-order chi connectivity index (χ1) is 12.0. The maximum Gasteiger partial charge on any atom is 0.303 e. The predicted molar refractivity (Wildman–Crippen MR) is 92.7 cm³/mol. The molecule has 3 rings (SSSR count). The molecule has 1 aromatic rings. The Hall–Kier alpha value is -2.63. The van der Waals surface area contributed by atoms with Crippen LogP contribution in [0.1, 0.15) is 48.0 Å². The molecule has 0 aliphatic carbocycles. The van der Waals surface area contributed by atoms with E-state index in [2.05, 4.69) is 6.58 Å². The smallest absolute Gasteiger partial charge is 0.303 e. The normalized spacial score (nSPS) is 19.9. The summed E-state index contributed by atoms with van der Waals surface area (Å²) in [6, 6.07) is 7.14. The van der Waals surface area contributed by atoms with Crippen LogP contribution in [0.15, 0.2) is 30.8 Å². The number of fused-ring (bicyclic) bond motifs is 1. The van der Waals surface area contributed by atoms with Gasteiger partial charge in [0, 0.05) is 35.8 Å². The average molecular weight is 342 g/mol. The van der Waals surface area contributed by atoms with Crippen LogP contribution in [-0.4, -0.2) is 51.8 Å². The van der Waals surface area contributed by atoms with E-state index >= 15 is 0 Å². The van der Waals surface area contributed by atoms with Gasteiger partial charge in [0.25, 0.3) is 5.91 Å². The van der Waals surface area contributed by atoms with Crippen molar-refractivity contribution in [3.05, 3.63) is 42.0 Å². The summed E-state index contributed by atoms with van der Waals surface area (Å²) < 4.78 is 0. The molecule has 6 heteroatoms. The first-order valence-electron chi connectivity index (χ1n) is 8.60. The van der Waals surface area contributed by atoms with Crippen molar-refractivity contribution in [2.24, 2.45) is 0 Å². The lowest BCUT2D eigenvalue weighted by atomic mass is 9.98. The van der Waals surface area contributed by atoms with Gasteiger partial charge in [0.1, 0.15) is 6.54 Å². The van der Waals surface area contributed by atoms with Gasteiger partial charge in [0.05, 0.1) is 0 Å². The lowest BCUT2D eigenvalue weighted by molar-refractivity contribution is -0.140. The number of amides is 2. The second-order valence-corrected chi connectivity index (χ2v) is 6.55. The van der Waals surface area contributed by atoms with Crippen LogP contribution in [0, 0.1) is 0 Å². The summed E-state index contributed by atoms with van der Waals surface area (Å²) in [7, 11) is 0. The molecule has 1 fully saturated rings. The van der Waals surface area contributed by atoms with Gasteiger partial charge in [-0.3, -0.25) is 19.3 Å². The molecule has 0 spiro atoms. The van der Waals surface area contributed by atoms with Gasteiger partial charge in [-0.2, -0.15) is 0 Å². The second kappa shape index (κ2) is 7.09. The first kappa shape index (κ1) is 17.2. The van der Waals surface area contributed by atoms with Crippen LogP contribution >= 0.6 is 0 Å². The summed E-state index contributed by atoms with van der Waals surface area (Å²) in [5.41, 5.74) is 1.88. The van der Waals surface area contributed by atoms with Crippen LogP contribution < -0.4 is 0 Å². The Balaban J connectivity index is 1.70. The van der Waals surface area contributed by atoms with Gasteiger partial charge in [-0.1, -0.05) is 24.8 Å². The quantitative estimate of drug-likeness (QED) is 0.891. The first-order valence-corrected chi connectivity index (χ1v) is 8.60. The van der Waals surface area contributed by atoms with E-state index in [1.807, 2.05) is 12.1 Å². The van der Waals surface area contributed by atoms with Gasteiger partial charge in [0.2, 0.25) is 5.91 Å². The zero-order valence-electron chi connectivity index (χ0n) is 14.1. The number of hydrogen-bond acceptors (Lipinski definition) is 3. The van der Waals surface area contributed by atoms with Crippen molar-refractivity contribution in [1.29, 1.82) is 0 Å². The van der Waals surface area contributed by atoms with E-state index in [0.29, 0.717) is 24.2 Å². The maximum atomic E-state index is 12.8. The maximum absolute atomic E-state index is 12.8. The van der Waals surface area contributed by atoms with Crippen molar-refractivity contribution in [2.75, 3.05) is 13.1 Å². The molecule has 1 aromatic carbocycles. The minimum absolute atomic E-state index is 0.0457. The van der Waals surface area contributed by atoms with Crippen LogP contribution in [0.25, 0.3) is 5.70 Å². The summed E-state index contributed by atoms with van der Waals surface area (Å²) in [5.74, 6) is -1.19. The van der Waals surface area contributed by atoms with Gasteiger partial charge in [-0.05, 0) is 31.7 Å². The second-order valence-electron chi connectivity index (χ2n) is 6.55. The molecule has 1 saturated heterocycles. The van der Waals surface area contributed by atoms with Crippen LogP contribution in [-0.2, 0) is 9.59 Å². The van der Waals surface area contributed by atoms with Gasteiger partial charge in [-0.25, -0.2) is 0 Å². The molecule has 0 aromatic heterocycles. The molecule has 2 heterocycles. The molecule has 0 saturated carbocycles. The highest BCUT2D eigenvalue weighted by Crippen LogP contribution is 2.31. The Morgan fingerprint density at radius 3 is 2.60 bits per heavy atom. The Morgan fingerprint density at radius 2 is 1.92 bits per heavy atom. The number of carboxylic acid groups (broad SMARTS) is 1. The van der Waals surface area contributed by atoms with Crippen LogP contribution in [0.5, 0.6) is 0 Å². The van der Waals surface area contributed by atoms with Gasteiger partial charge < -0.3 is 10.0 Å². The zero-order valence-corrected chi connectivity index (χ0v) is 14.1. The topological polar surface area (TPSA) is 77.9 Å². The molecule has 1 atom stereocenters. The SMILES string of the molecule is C=C1c2ccccc2C(=O)N1CC(=O)N1CCCCC1CCC(=O)O. The summed E-state index contributed by atoms with van der Waals surface area (Å²) in [5, 5.41) is 8.90. The van der Waals surface area contributed by atoms with E-state index in [1.54, 1.807) is 17.0 Å². The molecule has 6 nitrogen and oxygen atoms in total. The van der Waals surface area contributed by atoms with E-state index in [4.69, 9.17) is 5.11 Å². The number of benzene rings is 1. The summed E-state index contributed by atoms with van der Waals surface area (Å²) in [4.78, 5) is 39.3. The van der Waals surface area contributed by atoms with Gasteiger partial charge in [-0.15, -0.1) is 0 Å². The lowest BCUT2D eigenvalue weighted by Gasteiger charge is -2.36. The standard InChI is InChI=1S/C19H22N2O4/c1-13-15-7-2-3-8-16(15)19(25)21(13)12-17(22)20-11-5-4-6-14(20)9-10-18(23)24/h2-3,7-8,14H,1,4-6,9-12H2,(H,23,24). The number of piperidine rings is 1. The number of carbonyl (C=O) groups excluding carboxylic acids is 2. The molecule has 0 bridgehead atoms. The molecule has 2 aliphatic heterocycles. The molecule has 132 valence electrons. The fraction of sp³-hybridized carbons (Fsp3) is 0.421. The summed E-state index contributed by atoms with van der Waals surface area (Å²) >= 11 is 0. The van der Waals surface area contributed by atoms with Crippen molar-refractivity contribution < 1.29 is 19.5 Å². The minimum Gasteiger partial charge on any atom is -0.481 e. The predicted octanol–water partition coefficient (Wildman–Crippen LogP) is 2.36. The molecule has 0 radical (unpaired) electrons. The minimum atomic E-state index is -0.850. The Labute approximate surface area is 146 Å². The van der Waals surface area contributed by atoms with E-state index in [1.165, 1.54) is 4.90 Å². The number of likely N-dealkylation sites (tertiary alicyclic amines) is 1. The third-order valence-electron chi connectivity index (χ3n) is 4.97.